The molecule has 1 N–H and O–H groups in total. The summed E-state index contributed by atoms with van der Waals surface area (Å²) in [6, 6.07) is 11.4. The van der Waals surface area contributed by atoms with Gasteiger partial charge in [0.05, 0.1) is 0 Å². The van der Waals surface area contributed by atoms with Crippen LogP contribution in [0.3, 0.4) is 0 Å². The summed E-state index contributed by atoms with van der Waals surface area (Å²) < 4.78 is 0. The molecule has 1 aliphatic rings. The predicted octanol–water partition coefficient (Wildman–Crippen LogP) is 1.73. The van der Waals surface area contributed by atoms with Gasteiger partial charge in [-0.25, -0.2) is 0 Å². The summed E-state index contributed by atoms with van der Waals surface area (Å²) >= 11 is 0. The first kappa shape index (κ1) is 10.7. The number of nitrogens with zero attached hydrogens (tertiary/aromatic N) is 1. The monoisotopic (exact) mass is 204 g/mol. The Kier molecular flexibility index (Phi) is 3.39. The molecule has 0 spiro atoms. The van der Waals surface area contributed by atoms with Gasteiger partial charge in [-0.05, 0) is 18.5 Å². The van der Waals surface area contributed by atoms with Crippen molar-refractivity contribution in [3.8, 4) is 0 Å². The lowest BCUT2D eigenvalue weighted by Crippen LogP contribution is -2.32. The van der Waals surface area contributed by atoms with Crippen molar-refractivity contribution in [3.63, 3.8) is 0 Å². The van der Waals surface area contributed by atoms with Crippen molar-refractivity contribution in [3.05, 3.63) is 35.9 Å². The Labute approximate surface area is 92.3 Å². The molecular formula is C13H20N2. The molecular weight excluding hydrogens is 184 g/mol. The van der Waals surface area contributed by atoms with Gasteiger partial charge in [0.25, 0.3) is 0 Å². The van der Waals surface area contributed by atoms with E-state index < -0.39 is 0 Å². The van der Waals surface area contributed by atoms with E-state index in [2.05, 4.69) is 54.5 Å². The van der Waals surface area contributed by atoms with E-state index in [4.69, 9.17) is 0 Å². The Morgan fingerprint density at radius 1 is 1.27 bits per heavy atom. The quantitative estimate of drug-likeness (QED) is 0.806. The lowest BCUT2D eigenvalue weighted by atomic mass is 10.1. The van der Waals surface area contributed by atoms with Gasteiger partial charge in [-0.3, -0.25) is 4.90 Å². The Balaban J connectivity index is 1.92. The number of hydrogen-bond donors (Lipinski definition) is 1. The minimum Gasteiger partial charge on any atom is -0.315 e. The molecule has 2 atom stereocenters. The molecule has 0 aliphatic carbocycles. The Hall–Kier alpha value is -0.860. The van der Waals surface area contributed by atoms with Crippen LogP contribution in [0.4, 0.5) is 0 Å². The van der Waals surface area contributed by atoms with Gasteiger partial charge in [0, 0.05) is 25.7 Å². The summed E-state index contributed by atoms with van der Waals surface area (Å²) in [5.74, 6) is 0.763. The molecule has 1 aromatic carbocycles. The fourth-order valence-corrected chi connectivity index (χ4v) is 2.41. The van der Waals surface area contributed by atoms with Crippen LogP contribution in [-0.2, 0) is 6.54 Å². The van der Waals surface area contributed by atoms with E-state index >= 15 is 0 Å². The topological polar surface area (TPSA) is 15.3 Å². The van der Waals surface area contributed by atoms with Crippen LogP contribution >= 0.6 is 0 Å². The molecule has 1 saturated heterocycles. The molecule has 2 rings (SSSR count). The highest BCUT2D eigenvalue weighted by atomic mass is 15.2. The van der Waals surface area contributed by atoms with Crippen LogP contribution < -0.4 is 5.32 Å². The smallest absolute Gasteiger partial charge is 0.0234 e. The SMILES string of the molecule is CNC1CN(Cc2ccccc2)CC1C. The molecule has 1 aromatic rings. The van der Waals surface area contributed by atoms with Gasteiger partial charge >= 0.3 is 0 Å². The highest BCUT2D eigenvalue weighted by Crippen LogP contribution is 2.18. The molecule has 1 fully saturated rings. The number of likely N-dealkylation sites (N-methyl/N-ethyl adjacent to an activating group) is 1. The second-order valence-electron chi connectivity index (χ2n) is 4.55. The largest absolute Gasteiger partial charge is 0.315 e. The zero-order valence-electron chi connectivity index (χ0n) is 9.61. The molecule has 82 valence electrons. The Bertz CT molecular complexity index is 297. The van der Waals surface area contributed by atoms with E-state index in [0.29, 0.717) is 6.04 Å². The van der Waals surface area contributed by atoms with Gasteiger partial charge < -0.3 is 5.32 Å². The summed E-state index contributed by atoms with van der Waals surface area (Å²) in [7, 11) is 2.06. The molecule has 2 nitrogen and oxygen atoms in total. The van der Waals surface area contributed by atoms with Crippen LogP contribution in [0.25, 0.3) is 0 Å². The van der Waals surface area contributed by atoms with Gasteiger partial charge in [0.1, 0.15) is 0 Å². The predicted molar refractivity (Wildman–Crippen MR) is 63.7 cm³/mol. The fraction of sp³-hybridized carbons (Fsp3) is 0.538. The van der Waals surface area contributed by atoms with E-state index in [9.17, 15) is 0 Å². The first-order chi connectivity index (χ1) is 7.29. The number of nitrogens with one attached hydrogen (secondary N) is 1. The van der Waals surface area contributed by atoms with Crippen molar-refractivity contribution in [2.24, 2.45) is 5.92 Å². The van der Waals surface area contributed by atoms with E-state index in [-0.39, 0.29) is 0 Å². The summed E-state index contributed by atoms with van der Waals surface area (Å²) in [4.78, 5) is 2.53. The van der Waals surface area contributed by atoms with Crippen LogP contribution in [-0.4, -0.2) is 31.1 Å². The number of likely N-dealkylation sites (tertiary alicyclic amines) is 1. The zero-order chi connectivity index (χ0) is 10.7. The zero-order valence-corrected chi connectivity index (χ0v) is 9.61. The Morgan fingerprint density at radius 3 is 2.60 bits per heavy atom. The summed E-state index contributed by atoms with van der Waals surface area (Å²) in [5, 5.41) is 3.39. The average Bonchev–Trinajstić information content (AvgIpc) is 2.60. The maximum Gasteiger partial charge on any atom is 0.0234 e. The van der Waals surface area contributed by atoms with E-state index in [1.165, 1.54) is 18.7 Å². The van der Waals surface area contributed by atoms with Gasteiger partial charge in [-0.2, -0.15) is 0 Å². The molecule has 0 aromatic heterocycles. The van der Waals surface area contributed by atoms with Crippen LogP contribution in [0, 0.1) is 5.92 Å². The van der Waals surface area contributed by atoms with Gasteiger partial charge in [0.2, 0.25) is 0 Å². The number of benzene rings is 1. The van der Waals surface area contributed by atoms with E-state index in [1.54, 1.807) is 0 Å². The molecule has 0 radical (unpaired) electrons. The molecule has 0 amide bonds. The van der Waals surface area contributed by atoms with Crippen LogP contribution in [0.1, 0.15) is 12.5 Å². The minimum atomic E-state index is 0.661. The van der Waals surface area contributed by atoms with Crippen LogP contribution in [0.2, 0.25) is 0 Å². The van der Waals surface area contributed by atoms with Crippen molar-refractivity contribution in [2.45, 2.75) is 19.5 Å². The third-order valence-corrected chi connectivity index (χ3v) is 3.31. The summed E-state index contributed by atoms with van der Waals surface area (Å²) in [5.41, 5.74) is 1.42. The molecule has 2 heteroatoms. The highest BCUT2D eigenvalue weighted by Gasteiger charge is 2.27. The second-order valence-corrected chi connectivity index (χ2v) is 4.55. The third kappa shape index (κ3) is 2.58. The van der Waals surface area contributed by atoms with E-state index in [0.717, 1.165) is 12.5 Å². The first-order valence-electron chi connectivity index (χ1n) is 5.73. The lowest BCUT2D eigenvalue weighted by Gasteiger charge is -2.15. The van der Waals surface area contributed by atoms with Gasteiger partial charge in [-0.15, -0.1) is 0 Å². The lowest BCUT2D eigenvalue weighted by molar-refractivity contribution is 0.317. The molecule has 1 aliphatic heterocycles. The Morgan fingerprint density at radius 2 is 2.00 bits per heavy atom. The van der Waals surface area contributed by atoms with Crippen molar-refractivity contribution in [1.82, 2.24) is 10.2 Å². The van der Waals surface area contributed by atoms with Crippen molar-refractivity contribution < 1.29 is 0 Å². The third-order valence-electron chi connectivity index (χ3n) is 3.31. The number of hydrogen-bond acceptors (Lipinski definition) is 2. The summed E-state index contributed by atoms with van der Waals surface area (Å²) in [6.45, 7) is 5.79. The van der Waals surface area contributed by atoms with Crippen LogP contribution in [0.5, 0.6) is 0 Å². The maximum absolute atomic E-state index is 3.39. The normalized spacial score (nSPS) is 27.1. The maximum atomic E-state index is 3.39. The van der Waals surface area contributed by atoms with Crippen molar-refractivity contribution in [2.75, 3.05) is 20.1 Å². The van der Waals surface area contributed by atoms with Crippen LogP contribution in [0.15, 0.2) is 30.3 Å². The molecule has 2 unspecified atom stereocenters. The van der Waals surface area contributed by atoms with Gasteiger partial charge in [0.15, 0.2) is 0 Å². The number of rotatable bonds is 3. The molecule has 15 heavy (non-hydrogen) atoms. The van der Waals surface area contributed by atoms with Gasteiger partial charge in [-0.1, -0.05) is 37.3 Å². The second kappa shape index (κ2) is 4.77. The van der Waals surface area contributed by atoms with Crippen molar-refractivity contribution >= 4 is 0 Å². The summed E-state index contributed by atoms with van der Waals surface area (Å²) in [6.07, 6.45) is 0. The molecule has 0 bridgehead atoms. The average molecular weight is 204 g/mol. The fourth-order valence-electron chi connectivity index (χ4n) is 2.41. The van der Waals surface area contributed by atoms with E-state index in [1.807, 2.05) is 0 Å². The molecule has 0 saturated carbocycles. The first-order valence-corrected chi connectivity index (χ1v) is 5.73. The molecule has 1 heterocycles. The van der Waals surface area contributed by atoms with Crippen molar-refractivity contribution in [1.29, 1.82) is 0 Å². The minimum absolute atomic E-state index is 0.661. The standard InChI is InChI=1S/C13H20N2/c1-11-8-15(10-13(11)14-2)9-12-6-4-3-5-7-12/h3-7,11,13-14H,8-10H2,1-2H3. The highest BCUT2D eigenvalue weighted by molar-refractivity contribution is 5.14.